The van der Waals surface area contributed by atoms with Crippen molar-refractivity contribution in [2.24, 2.45) is 5.92 Å². The first-order valence-electron chi connectivity index (χ1n) is 8.59. The van der Waals surface area contributed by atoms with E-state index in [-0.39, 0.29) is 24.1 Å². The quantitative estimate of drug-likeness (QED) is 0.681. The van der Waals surface area contributed by atoms with Crippen molar-refractivity contribution in [1.82, 2.24) is 24.7 Å². The van der Waals surface area contributed by atoms with E-state index in [2.05, 4.69) is 20.1 Å². The van der Waals surface area contributed by atoms with Crippen LogP contribution in [-0.4, -0.2) is 30.5 Å². The number of nitrogens with zero attached hydrogens (tertiary/aromatic N) is 5. The van der Waals surface area contributed by atoms with Gasteiger partial charge in [-0.15, -0.1) is 0 Å². The second-order valence-corrected chi connectivity index (χ2v) is 6.53. The van der Waals surface area contributed by atoms with Crippen molar-refractivity contribution in [1.29, 1.82) is 0 Å². The van der Waals surface area contributed by atoms with Crippen LogP contribution in [-0.2, 0) is 17.8 Å². The Balaban J connectivity index is 1.65. The van der Waals surface area contributed by atoms with Gasteiger partial charge in [0, 0.05) is 30.9 Å². The van der Waals surface area contributed by atoms with Crippen LogP contribution in [0.4, 0.5) is 4.39 Å². The number of hydrogen-bond acceptors (Lipinski definition) is 5. The topological polar surface area (TPSA) is 73.6 Å². The molecule has 6 nitrogen and oxygen atoms in total. The number of Topliss-reactive ketones (excluding diaryl/α,β-unsaturated/α-hetero) is 1. The maximum absolute atomic E-state index is 13.1. The van der Waals surface area contributed by atoms with E-state index in [0.29, 0.717) is 23.6 Å². The zero-order valence-electron chi connectivity index (χ0n) is 14.4. The smallest absolute Gasteiger partial charge is 0.180 e. The van der Waals surface area contributed by atoms with E-state index in [1.807, 2.05) is 12.1 Å². The Morgan fingerprint density at radius 3 is 2.77 bits per heavy atom. The summed E-state index contributed by atoms with van der Waals surface area (Å²) in [7, 11) is 0. The third kappa shape index (κ3) is 3.37. The molecule has 0 saturated heterocycles. The van der Waals surface area contributed by atoms with Crippen LogP contribution in [0, 0.1) is 5.92 Å². The zero-order valence-corrected chi connectivity index (χ0v) is 14.4. The summed E-state index contributed by atoms with van der Waals surface area (Å²) in [6.45, 7) is 1.68. The fourth-order valence-electron chi connectivity index (χ4n) is 2.83. The maximum atomic E-state index is 13.1. The number of fused-ring (bicyclic) bond motifs is 1. The van der Waals surface area contributed by atoms with Crippen molar-refractivity contribution < 1.29 is 9.18 Å². The van der Waals surface area contributed by atoms with Crippen LogP contribution in [0.15, 0.2) is 42.6 Å². The van der Waals surface area contributed by atoms with E-state index >= 15 is 0 Å². The molecule has 3 heterocycles. The van der Waals surface area contributed by atoms with Crippen molar-refractivity contribution in [2.45, 2.75) is 32.7 Å². The van der Waals surface area contributed by atoms with Gasteiger partial charge in [-0.2, -0.15) is 5.10 Å². The van der Waals surface area contributed by atoms with Crippen molar-refractivity contribution in [3.05, 3.63) is 48.2 Å². The van der Waals surface area contributed by atoms with Crippen molar-refractivity contribution in [3.63, 3.8) is 0 Å². The van der Waals surface area contributed by atoms with E-state index in [0.717, 1.165) is 23.8 Å². The molecule has 0 atom stereocenters. The number of rotatable bonds is 6. The number of ketones is 1. The largest absolute Gasteiger partial charge is 0.299 e. The van der Waals surface area contributed by atoms with Gasteiger partial charge in [-0.05, 0) is 43.5 Å². The van der Waals surface area contributed by atoms with Crippen LogP contribution in [0.2, 0.25) is 0 Å². The summed E-state index contributed by atoms with van der Waals surface area (Å²) in [5.41, 5.74) is 2.05. The van der Waals surface area contributed by atoms with Gasteiger partial charge in [0.05, 0.1) is 17.8 Å². The van der Waals surface area contributed by atoms with Crippen LogP contribution >= 0.6 is 0 Å². The molecule has 0 amide bonds. The molecule has 0 N–H and O–H groups in total. The van der Waals surface area contributed by atoms with Gasteiger partial charge in [-0.25, -0.2) is 24.0 Å². The highest BCUT2D eigenvalue weighted by Gasteiger charge is 2.29. The Morgan fingerprint density at radius 2 is 2.08 bits per heavy atom. The Labute approximate surface area is 149 Å². The van der Waals surface area contributed by atoms with Gasteiger partial charge in [-0.1, -0.05) is 0 Å². The van der Waals surface area contributed by atoms with E-state index in [4.69, 9.17) is 0 Å². The molecule has 0 aromatic carbocycles. The summed E-state index contributed by atoms with van der Waals surface area (Å²) in [6, 6.07) is 3.71. The van der Waals surface area contributed by atoms with Crippen LogP contribution in [0.3, 0.4) is 0 Å². The fourth-order valence-corrected chi connectivity index (χ4v) is 2.83. The monoisotopic (exact) mass is 351 g/mol. The number of carbonyl (C=O) groups excluding carboxylic acids is 1. The number of carbonyl (C=O) groups is 1. The lowest BCUT2D eigenvalue weighted by molar-refractivity contribution is -0.119. The van der Waals surface area contributed by atoms with Gasteiger partial charge < -0.3 is 0 Å². The molecule has 3 aromatic rings. The van der Waals surface area contributed by atoms with Crippen LogP contribution < -0.4 is 0 Å². The third-order valence-electron chi connectivity index (χ3n) is 4.38. The summed E-state index contributed by atoms with van der Waals surface area (Å²) >= 11 is 0. The standard InChI is InChI=1S/C19H18FN5O/c1-12(20)6-8-25-19-15(3-2-7-21-19)17(24-25)18-22-10-13(11-23-18)9-16(26)14-4-5-14/h2-3,6-7,10-11,14H,4-5,8-9H2,1H3/b12-6-. The molecule has 0 spiro atoms. The molecule has 1 saturated carbocycles. The molecule has 0 radical (unpaired) electrons. The van der Waals surface area contributed by atoms with Crippen molar-refractivity contribution >= 4 is 16.8 Å². The van der Waals surface area contributed by atoms with Gasteiger partial charge in [-0.3, -0.25) is 4.79 Å². The summed E-state index contributed by atoms with van der Waals surface area (Å²) in [4.78, 5) is 25.0. The number of allylic oxidation sites excluding steroid dienone is 2. The highest BCUT2D eigenvalue weighted by Crippen LogP contribution is 2.31. The summed E-state index contributed by atoms with van der Waals surface area (Å²) in [5, 5.41) is 5.32. The summed E-state index contributed by atoms with van der Waals surface area (Å²) < 4.78 is 14.7. The lowest BCUT2D eigenvalue weighted by Crippen LogP contribution is -2.05. The minimum absolute atomic E-state index is 0.229. The third-order valence-corrected chi connectivity index (χ3v) is 4.38. The molecule has 1 aliphatic carbocycles. The molecule has 0 bridgehead atoms. The average molecular weight is 351 g/mol. The highest BCUT2D eigenvalue weighted by molar-refractivity contribution is 5.89. The fraction of sp³-hybridized carbons (Fsp3) is 0.316. The Hall–Kier alpha value is -2.96. The molecule has 1 fully saturated rings. The molecule has 1 aliphatic rings. The maximum Gasteiger partial charge on any atom is 0.180 e. The minimum atomic E-state index is -0.271. The van der Waals surface area contributed by atoms with Gasteiger partial charge in [0.2, 0.25) is 0 Å². The van der Waals surface area contributed by atoms with Crippen molar-refractivity contribution in [3.8, 4) is 11.5 Å². The SMILES string of the molecule is C/C(F)=C/Cn1nc(-c2ncc(CC(=O)C3CC3)cn2)c2cccnc21. The first-order valence-corrected chi connectivity index (χ1v) is 8.59. The number of pyridine rings is 1. The van der Waals surface area contributed by atoms with Gasteiger partial charge >= 0.3 is 0 Å². The highest BCUT2D eigenvalue weighted by atomic mass is 19.1. The number of aromatic nitrogens is 5. The average Bonchev–Trinajstić information content (AvgIpc) is 3.43. The normalized spacial score (nSPS) is 14.8. The molecule has 26 heavy (non-hydrogen) atoms. The van der Waals surface area contributed by atoms with Crippen LogP contribution in [0.1, 0.15) is 25.3 Å². The van der Waals surface area contributed by atoms with Gasteiger partial charge in [0.25, 0.3) is 0 Å². The van der Waals surface area contributed by atoms with E-state index in [1.165, 1.54) is 13.0 Å². The Bertz CT molecular complexity index is 985. The zero-order chi connectivity index (χ0) is 18.1. The lowest BCUT2D eigenvalue weighted by Gasteiger charge is -2.01. The summed E-state index contributed by atoms with van der Waals surface area (Å²) in [6.07, 6.45) is 8.84. The molecule has 3 aromatic heterocycles. The predicted octanol–water partition coefficient (Wildman–Crippen LogP) is 3.28. The number of hydrogen-bond donors (Lipinski definition) is 0. The first kappa shape index (κ1) is 16.5. The molecular weight excluding hydrogens is 333 g/mol. The Kier molecular flexibility index (Phi) is 4.28. The minimum Gasteiger partial charge on any atom is -0.299 e. The van der Waals surface area contributed by atoms with Crippen LogP contribution in [0.25, 0.3) is 22.6 Å². The van der Waals surface area contributed by atoms with Gasteiger partial charge in [0.1, 0.15) is 11.5 Å². The summed E-state index contributed by atoms with van der Waals surface area (Å²) in [5.74, 6) is 0.679. The molecule has 0 unspecified atom stereocenters. The van der Waals surface area contributed by atoms with E-state index < -0.39 is 0 Å². The predicted molar refractivity (Wildman–Crippen MR) is 94.9 cm³/mol. The van der Waals surface area contributed by atoms with Gasteiger partial charge in [0.15, 0.2) is 11.5 Å². The second kappa shape index (κ2) is 6.74. The molecule has 132 valence electrons. The van der Waals surface area contributed by atoms with Crippen molar-refractivity contribution in [2.75, 3.05) is 0 Å². The van der Waals surface area contributed by atoms with E-state index in [9.17, 15) is 9.18 Å². The van der Waals surface area contributed by atoms with E-state index in [1.54, 1.807) is 23.3 Å². The molecule has 0 aliphatic heterocycles. The molecule has 4 rings (SSSR count). The first-order chi connectivity index (χ1) is 12.6. The molecule has 7 heteroatoms. The number of halogens is 1. The molecular formula is C19H18FN5O. The second-order valence-electron chi connectivity index (χ2n) is 6.53. The lowest BCUT2D eigenvalue weighted by atomic mass is 10.1. The van der Waals surface area contributed by atoms with Crippen LogP contribution in [0.5, 0.6) is 0 Å². The Morgan fingerprint density at radius 1 is 1.31 bits per heavy atom.